The number of phenolic OH excluding ortho intramolecular Hbond substituents is 1. The SMILES string of the molecule is Cc1cc(OCCNCCc2ccc(Br)cc2)ccc1/C=N/NC(=O)c1ccc(O)c(Cl)c1. The highest BCUT2D eigenvalue weighted by molar-refractivity contribution is 9.10. The molecule has 0 radical (unpaired) electrons. The predicted octanol–water partition coefficient (Wildman–Crippen LogP) is 5.09. The highest BCUT2D eigenvalue weighted by Gasteiger charge is 2.07. The summed E-state index contributed by atoms with van der Waals surface area (Å²) in [6.07, 6.45) is 2.54. The van der Waals surface area contributed by atoms with Crippen LogP contribution < -0.4 is 15.5 Å². The third kappa shape index (κ3) is 7.89. The Kier molecular flexibility index (Phi) is 9.30. The summed E-state index contributed by atoms with van der Waals surface area (Å²) in [4.78, 5) is 12.1. The average molecular weight is 531 g/mol. The van der Waals surface area contributed by atoms with Gasteiger partial charge in [-0.15, -0.1) is 0 Å². The highest BCUT2D eigenvalue weighted by Crippen LogP contribution is 2.23. The molecule has 1 amide bonds. The van der Waals surface area contributed by atoms with E-state index in [1.54, 1.807) is 6.21 Å². The number of aromatic hydroxyl groups is 1. The molecule has 3 rings (SSSR count). The second-order valence-electron chi connectivity index (χ2n) is 7.36. The maximum absolute atomic E-state index is 12.1. The number of rotatable bonds is 10. The fraction of sp³-hybridized carbons (Fsp3) is 0.200. The van der Waals surface area contributed by atoms with Gasteiger partial charge >= 0.3 is 0 Å². The Balaban J connectivity index is 1.40. The van der Waals surface area contributed by atoms with Crippen molar-refractivity contribution in [3.8, 4) is 11.5 Å². The van der Waals surface area contributed by atoms with Crippen molar-refractivity contribution in [1.29, 1.82) is 0 Å². The summed E-state index contributed by atoms with van der Waals surface area (Å²) >= 11 is 9.27. The molecule has 6 nitrogen and oxygen atoms in total. The number of nitrogens with one attached hydrogen (secondary N) is 2. The number of nitrogens with zero attached hydrogens (tertiary/aromatic N) is 1. The molecule has 0 aliphatic rings. The van der Waals surface area contributed by atoms with Gasteiger partial charge in [0, 0.05) is 16.6 Å². The van der Waals surface area contributed by atoms with E-state index in [9.17, 15) is 9.90 Å². The van der Waals surface area contributed by atoms with Crippen LogP contribution in [0.1, 0.15) is 27.0 Å². The van der Waals surface area contributed by atoms with Gasteiger partial charge in [-0.2, -0.15) is 5.10 Å². The van der Waals surface area contributed by atoms with Gasteiger partial charge < -0.3 is 15.2 Å². The predicted molar refractivity (Wildman–Crippen MR) is 136 cm³/mol. The van der Waals surface area contributed by atoms with Gasteiger partial charge in [-0.05, 0) is 85.1 Å². The normalized spacial score (nSPS) is 11.0. The highest BCUT2D eigenvalue weighted by atomic mass is 79.9. The Labute approximate surface area is 206 Å². The van der Waals surface area contributed by atoms with Crippen LogP contribution in [0.15, 0.2) is 70.2 Å². The molecular formula is C25H25BrClN3O3. The molecule has 0 unspecified atom stereocenters. The lowest BCUT2D eigenvalue weighted by Gasteiger charge is -2.09. The van der Waals surface area contributed by atoms with Crippen molar-refractivity contribution < 1.29 is 14.6 Å². The summed E-state index contributed by atoms with van der Waals surface area (Å²) in [6, 6.07) is 18.2. The fourth-order valence-electron chi connectivity index (χ4n) is 3.01. The van der Waals surface area contributed by atoms with Crippen molar-refractivity contribution >= 4 is 39.7 Å². The van der Waals surface area contributed by atoms with E-state index >= 15 is 0 Å². The third-order valence-electron chi connectivity index (χ3n) is 4.87. The van der Waals surface area contributed by atoms with Crippen molar-refractivity contribution in [2.75, 3.05) is 19.7 Å². The number of ether oxygens (including phenoxy) is 1. The molecule has 0 fully saturated rings. The van der Waals surface area contributed by atoms with Crippen LogP contribution in [0.3, 0.4) is 0 Å². The first-order valence-corrected chi connectivity index (χ1v) is 11.6. The van der Waals surface area contributed by atoms with Gasteiger partial charge in [-0.3, -0.25) is 4.79 Å². The molecule has 8 heteroatoms. The number of halogens is 2. The number of aryl methyl sites for hydroxylation is 1. The van der Waals surface area contributed by atoms with E-state index in [-0.39, 0.29) is 10.8 Å². The lowest BCUT2D eigenvalue weighted by Crippen LogP contribution is -2.23. The van der Waals surface area contributed by atoms with E-state index in [4.69, 9.17) is 16.3 Å². The van der Waals surface area contributed by atoms with Gasteiger partial charge in [-0.25, -0.2) is 5.43 Å². The lowest BCUT2D eigenvalue weighted by molar-refractivity contribution is 0.0955. The molecular weight excluding hydrogens is 506 g/mol. The quantitative estimate of drug-likeness (QED) is 0.194. The van der Waals surface area contributed by atoms with Gasteiger partial charge in [0.1, 0.15) is 18.1 Å². The topological polar surface area (TPSA) is 83.0 Å². The number of amides is 1. The summed E-state index contributed by atoms with van der Waals surface area (Å²) < 4.78 is 6.90. The van der Waals surface area contributed by atoms with E-state index in [1.807, 2.05) is 25.1 Å². The van der Waals surface area contributed by atoms with E-state index in [1.165, 1.54) is 23.8 Å². The van der Waals surface area contributed by atoms with Gasteiger partial charge in [0.05, 0.1) is 11.2 Å². The lowest BCUT2D eigenvalue weighted by atomic mass is 10.1. The zero-order valence-corrected chi connectivity index (χ0v) is 20.5. The van der Waals surface area contributed by atoms with Crippen LogP contribution in [0.2, 0.25) is 5.02 Å². The Morgan fingerprint density at radius 3 is 2.64 bits per heavy atom. The van der Waals surface area contributed by atoms with E-state index in [0.29, 0.717) is 12.2 Å². The van der Waals surface area contributed by atoms with Gasteiger partial charge in [0.2, 0.25) is 0 Å². The fourth-order valence-corrected chi connectivity index (χ4v) is 3.45. The molecule has 0 aromatic heterocycles. The molecule has 0 saturated heterocycles. The molecule has 3 aromatic rings. The van der Waals surface area contributed by atoms with Crippen LogP contribution >= 0.6 is 27.5 Å². The van der Waals surface area contributed by atoms with Crippen LogP contribution in [0.5, 0.6) is 11.5 Å². The molecule has 3 N–H and O–H groups in total. The standard InChI is InChI=1S/C25H25BrClN3O3/c1-17-14-22(33-13-12-28-11-10-18-2-6-21(26)7-3-18)8-4-20(17)16-29-30-25(32)19-5-9-24(31)23(27)15-19/h2-9,14-16,28,31H,10-13H2,1H3,(H,30,32)/b29-16+. The minimum Gasteiger partial charge on any atom is -0.506 e. The maximum atomic E-state index is 12.1. The molecule has 0 saturated carbocycles. The van der Waals surface area contributed by atoms with E-state index < -0.39 is 5.91 Å². The van der Waals surface area contributed by atoms with Gasteiger partial charge in [-0.1, -0.05) is 39.7 Å². The summed E-state index contributed by atoms with van der Waals surface area (Å²) in [7, 11) is 0. The molecule has 172 valence electrons. The molecule has 0 bridgehead atoms. The first kappa shape index (κ1) is 24.8. The number of carbonyl (C=O) groups excluding carboxylic acids is 1. The summed E-state index contributed by atoms with van der Waals surface area (Å²) in [5.41, 5.74) is 5.89. The number of hydrazone groups is 1. The largest absolute Gasteiger partial charge is 0.506 e. The number of hydrogen-bond donors (Lipinski definition) is 3. The molecule has 0 aliphatic heterocycles. The third-order valence-corrected chi connectivity index (χ3v) is 5.70. The van der Waals surface area contributed by atoms with Crippen LogP contribution in [-0.2, 0) is 6.42 Å². The van der Waals surface area contributed by atoms with E-state index in [0.717, 1.165) is 40.9 Å². The molecule has 0 atom stereocenters. The van der Waals surface area contributed by atoms with Crippen molar-refractivity contribution in [3.63, 3.8) is 0 Å². The number of phenols is 1. The second-order valence-corrected chi connectivity index (χ2v) is 8.68. The molecule has 33 heavy (non-hydrogen) atoms. The minimum absolute atomic E-state index is 0.0776. The Morgan fingerprint density at radius 2 is 1.91 bits per heavy atom. The molecule has 3 aromatic carbocycles. The summed E-state index contributed by atoms with van der Waals surface area (Å²) in [5.74, 6) is 0.284. The minimum atomic E-state index is -0.418. The van der Waals surface area contributed by atoms with E-state index in [2.05, 4.69) is 56.0 Å². The van der Waals surface area contributed by atoms with Gasteiger partial charge in [0.15, 0.2) is 0 Å². The Morgan fingerprint density at radius 1 is 1.12 bits per heavy atom. The van der Waals surface area contributed by atoms with Crippen molar-refractivity contribution in [1.82, 2.24) is 10.7 Å². The zero-order valence-electron chi connectivity index (χ0n) is 18.1. The summed E-state index contributed by atoms with van der Waals surface area (Å²) in [6.45, 7) is 4.16. The Hall–Kier alpha value is -2.87. The molecule has 0 spiro atoms. The second kappa shape index (κ2) is 12.4. The van der Waals surface area contributed by atoms with Crippen LogP contribution in [0, 0.1) is 6.92 Å². The van der Waals surface area contributed by atoms with Gasteiger partial charge in [0.25, 0.3) is 5.91 Å². The average Bonchev–Trinajstić information content (AvgIpc) is 2.80. The van der Waals surface area contributed by atoms with Crippen LogP contribution in [0.25, 0.3) is 0 Å². The maximum Gasteiger partial charge on any atom is 0.271 e. The van der Waals surface area contributed by atoms with Crippen LogP contribution in [0.4, 0.5) is 0 Å². The smallest absolute Gasteiger partial charge is 0.271 e. The van der Waals surface area contributed by atoms with Crippen molar-refractivity contribution in [3.05, 3.63) is 92.4 Å². The first-order valence-electron chi connectivity index (χ1n) is 10.4. The van der Waals surface area contributed by atoms with Crippen molar-refractivity contribution in [2.45, 2.75) is 13.3 Å². The van der Waals surface area contributed by atoms with Crippen LogP contribution in [-0.4, -0.2) is 36.9 Å². The summed E-state index contributed by atoms with van der Waals surface area (Å²) in [5, 5.41) is 16.9. The number of hydrogen-bond acceptors (Lipinski definition) is 5. The zero-order chi connectivity index (χ0) is 23.6. The number of benzene rings is 3. The Bertz CT molecular complexity index is 1120. The first-order chi connectivity index (χ1) is 15.9. The number of carbonyl (C=O) groups is 1. The molecule has 0 heterocycles. The monoisotopic (exact) mass is 529 g/mol. The van der Waals surface area contributed by atoms with Crippen molar-refractivity contribution in [2.24, 2.45) is 5.10 Å². The molecule has 0 aliphatic carbocycles.